The summed E-state index contributed by atoms with van der Waals surface area (Å²) in [7, 11) is -1.17. The van der Waals surface area contributed by atoms with Crippen molar-refractivity contribution in [3.05, 3.63) is 63.0 Å². The topological polar surface area (TPSA) is 94.3 Å². The quantitative estimate of drug-likeness (QED) is 0.432. The van der Waals surface area contributed by atoms with Crippen LogP contribution in [0.25, 0.3) is 0 Å². The fraction of sp³-hybridized carbons (Fsp3) is 0.238. The minimum absolute atomic E-state index is 0.0430. The highest BCUT2D eigenvalue weighted by Crippen LogP contribution is 2.34. The lowest BCUT2D eigenvalue weighted by molar-refractivity contribution is 0.104. The van der Waals surface area contributed by atoms with Gasteiger partial charge in [-0.05, 0) is 43.2 Å². The van der Waals surface area contributed by atoms with Crippen LogP contribution in [0, 0.1) is 0 Å². The van der Waals surface area contributed by atoms with Crippen molar-refractivity contribution in [3.8, 4) is 0 Å². The number of nitrogen functional groups attached to an aromatic ring is 1. The molecule has 0 aliphatic carbocycles. The lowest BCUT2D eigenvalue weighted by Gasteiger charge is -2.10. The predicted octanol–water partition coefficient (Wildman–Crippen LogP) is 5.29. The first-order valence-electron chi connectivity index (χ1n) is 9.54. The van der Waals surface area contributed by atoms with Crippen LogP contribution in [0.2, 0.25) is 10.0 Å². The Morgan fingerprint density at radius 1 is 1.26 bits per heavy atom. The van der Waals surface area contributed by atoms with Crippen LogP contribution in [-0.4, -0.2) is 33.4 Å². The van der Waals surface area contributed by atoms with Gasteiger partial charge >= 0.3 is 0 Å². The normalized spacial score (nSPS) is 16.9. The van der Waals surface area contributed by atoms with E-state index >= 15 is 0 Å². The van der Waals surface area contributed by atoms with Gasteiger partial charge in [-0.15, -0.1) is 0 Å². The van der Waals surface area contributed by atoms with E-state index in [0.717, 1.165) is 30.8 Å². The molecule has 3 N–H and O–H groups in total. The Hall–Kier alpha value is -1.97. The van der Waals surface area contributed by atoms with Gasteiger partial charge in [-0.3, -0.25) is 9.00 Å². The van der Waals surface area contributed by atoms with E-state index in [9.17, 15) is 9.00 Å². The highest BCUT2D eigenvalue weighted by Gasteiger charge is 2.23. The Morgan fingerprint density at radius 3 is 2.71 bits per heavy atom. The summed E-state index contributed by atoms with van der Waals surface area (Å²) < 4.78 is 18.3. The molecule has 0 amide bonds. The Labute approximate surface area is 196 Å². The highest BCUT2D eigenvalue weighted by molar-refractivity contribution is 7.85. The number of nitrogens with one attached hydrogen (secondary N) is 1. The van der Waals surface area contributed by atoms with Crippen LogP contribution >= 0.6 is 34.5 Å². The number of anilines is 3. The standard InChI is InChI=1S/C21H19Cl2N3O3S2/c22-15-7-2-8-16(23)17(15)18(27)19-20(24)26-21(30-19)25-12-4-1-6-14(10-12)31(28)11-13-5-3-9-29-13/h1-2,4,6-8,10,13H,3,5,9,11,24H2,(H,25,26). The number of aromatic nitrogens is 1. The molecule has 2 atom stereocenters. The van der Waals surface area contributed by atoms with Gasteiger partial charge in [0.15, 0.2) is 5.13 Å². The second-order valence-corrected chi connectivity index (χ2v) is 10.3. The number of ether oxygens (including phenoxy) is 1. The molecule has 2 aromatic carbocycles. The summed E-state index contributed by atoms with van der Waals surface area (Å²) in [5, 5.41) is 4.07. The largest absolute Gasteiger partial charge is 0.382 e. The number of thiazole rings is 1. The van der Waals surface area contributed by atoms with Gasteiger partial charge in [0.25, 0.3) is 0 Å². The number of carbonyl (C=O) groups is 1. The summed E-state index contributed by atoms with van der Waals surface area (Å²) in [4.78, 5) is 18.1. The first kappa shape index (κ1) is 22.2. The van der Waals surface area contributed by atoms with Gasteiger partial charge in [0.2, 0.25) is 5.78 Å². The number of carbonyl (C=O) groups excluding carboxylic acids is 1. The first-order chi connectivity index (χ1) is 14.9. The van der Waals surface area contributed by atoms with Crippen LogP contribution in [0.4, 0.5) is 16.6 Å². The number of nitrogens with two attached hydrogens (primary N) is 1. The van der Waals surface area contributed by atoms with Gasteiger partial charge in [0, 0.05) is 17.2 Å². The Bertz CT molecular complexity index is 1130. The molecule has 10 heteroatoms. The number of rotatable bonds is 7. The number of benzene rings is 2. The summed E-state index contributed by atoms with van der Waals surface area (Å²) in [6.45, 7) is 0.732. The molecule has 162 valence electrons. The van der Waals surface area contributed by atoms with Crippen LogP contribution in [-0.2, 0) is 15.5 Å². The molecule has 1 fully saturated rings. The summed E-state index contributed by atoms with van der Waals surface area (Å²) in [6.07, 6.45) is 1.99. The summed E-state index contributed by atoms with van der Waals surface area (Å²) in [6, 6.07) is 12.1. The molecule has 2 unspecified atom stereocenters. The first-order valence-corrected chi connectivity index (χ1v) is 12.4. The van der Waals surface area contributed by atoms with Crippen LogP contribution in [0.15, 0.2) is 47.4 Å². The fourth-order valence-electron chi connectivity index (χ4n) is 3.26. The zero-order valence-electron chi connectivity index (χ0n) is 16.3. The molecular formula is C21H19Cl2N3O3S2. The molecule has 31 heavy (non-hydrogen) atoms. The lowest BCUT2D eigenvalue weighted by Crippen LogP contribution is -2.15. The summed E-state index contributed by atoms with van der Waals surface area (Å²) in [5.74, 6) is 0.182. The maximum atomic E-state index is 12.9. The van der Waals surface area contributed by atoms with E-state index < -0.39 is 10.8 Å². The van der Waals surface area contributed by atoms with E-state index in [0.29, 0.717) is 21.5 Å². The predicted molar refractivity (Wildman–Crippen MR) is 126 cm³/mol. The van der Waals surface area contributed by atoms with Crippen LogP contribution in [0.3, 0.4) is 0 Å². The van der Waals surface area contributed by atoms with Crippen molar-refractivity contribution >= 4 is 67.8 Å². The molecule has 1 saturated heterocycles. The van der Waals surface area contributed by atoms with E-state index in [1.807, 2.05) is 18.2 Å². The summed E-state index contributed by atoms with van der Waals surface area (Å²) in [5.41, 5.74) is 6.88. The second kappa shape index (κ2) is 9.67. The maximum absolute atomic E-state index is 12.9. The lowest BCUT2D eigenvalue weighted by atomic mass is 10.1. The molecular weight excluding hydrogens is 477 g/mol. The molecule has 1 aliphatic rings. The SMILES string of the molecule is Nc1nc(Nc2cccc(S(=O)CC3CCCO3)c2)sc1C(=O)c1c(Cl)cccc1Cl. The molecule has 1 aromatic heterocycles. The van der Waals surface area contributed by atoms with E-state index in [-0.39, 0.29) is 38.2 Å². The van der Waals surface area contributed by atoms with Crippen molar-refractivity contribution in [2.75, 3.05) is 23.4 Å². The van der Waals surface area contributed by atoms with Crippen LogP contribution in [0.1, 0.15) is 28.1 Å². The third kappa shape index (κ3) is 5.10. The van der Waals surface area contributed by atoms with E-state index in [1.54, 1.807) is 24.3 Å². The zero-order chi connectivity index (χ0) is 22.0. The monoisotopic (exact) mass is 495 g/mol. The van der Waals surface area contributed by atoms with Crippen molar-refractivity contribution in [1.82, 2.24) is 4.98 Å². The molecule has 6 nitrogen and oxygen atoms in total. The van der Waals surface area contributed by atoms with Gasteiger partial charge in [-0.2, -0.15) is 0 Å². The molecule has 1 aliphatic heterocycles. The Balaban J connectivity index is 1.52. The molecule has 0 bridgehead atoms. The number of hydrogen-bond acceptors (Lipinski definition) is 7. The number of nitrogens with zero attached hydrogens (tertiary/aromatic N) is 1. The minimum Gasteiger partial charge on any atom is -0.382 e. The highest BCUT2D eigenvalue weighted by atomic mass is 35.5. The van der Waals surface area contributed by atoms with Crippen LogP contribution < -0.4 is 11.1 Å². The van der Waals surface area contributed by atoms with Gasteiger partial charge in [0.1, 0.15) is 10.7 Å². The molecule has 0 spiro atoms. The van der Waals surface area contributed by atoms with Crippen molar-refractivity contribution in [2.45, 2.75) is 23.8 Å². The van der Waals surface area contributed by atoms with Gasteiger partial charge in [-0.25, -0.2) is 4.98 Å². The van der Waals surface area contributed by atoms with Crippen molar-refractivity contribution in [1.29, 1.82) is 0 Å². The molecule has 2 heterocycles. The zero-order valence-corrected chi connectivity index (χ0v) is 19.4. The second-order valence-electron chi connectivity index (χ2n) is 6.96. The van der Waals surface area contributed by atoms with Crippen molar-refractivity contribution in [2.24, 2.45) is 0 Å². The van der Waals surface area contributed by atoms with E-state index in [2.05, 4.69) is 10.3 Å². The maximum Gasteiger partial charge on any atom is 0.209 e. The average molecular weight is 496 g/mol. The Morgan fingerprint density at radius 2 is 2.00 bits per heavy atom. The Kier molecular flexibility index (Phi) is 6.93. The molecule has 0 saturated carbocycles. The number of ketones is 1. The average Bonchev–Trinajstić information content (AvgIpc) is 3.37. The minimum atomic E-state index is -1.17. The van der Waals surface area contributed by atoms with Gasteiger partial charge in [0.05, 0.1) is 38.3 Å². The van der Waals surface area contributed by atoms with E-state index in [1.165, 1.54) is 0 Å². The van der Waals surface area contributed by atoms with Gasteiger partial charge in [-0.1, -0.05) is 46.7 Å². The third-order valence-electron chi connectivity index (χ3n) is 4.76. The number of halogens is 2. The molecule has 3 aromatic rings. The fourth-order valence-corrected chi connectivity index (χ4v) is 5.96. The summed E-state index contributed by atoms with van der Waals surface area (Å²) >= 11 is 13.4. The molecule has 0 radical (unpaired) electrons. The van der Waals surface area contributed by atoms with Crippen molar-refractivity contribution < 1.29 is 13.7 Å². The third-order valence-corrected chi connectivity index (χ3v) is 7.83. The van der Waals surface area contributed by atoms with Crippen LogP contribution in [0.5, 0.6) is 0 Å². The van der Waals surface area contributed by atoms with Gasteiger partial charge < -0.3 is 15.8 Å². The smallest absolute Gasteiger partial charge is 0.209 e. The van der Waals surface area contributed by atoms with Crippen molar-refractivity contribution in [3.63, 3.8) is 0 Å². The number of hydrogen-bond donors (Lipinski definition) is 2. The van der Waals surface area contributed by atoms with E-state index in [4.69, 9.17) is 33.7 Å². The molecule has 4 rings (SSSR count).